The Balaban J connectivity index is 1.37. The maximum Gasteiger partial charge on any atom is 0.309 e. The molecule has 0 spiro atoms. The number of anilines is 1. The Hall–Kier alpha value is -2.86. The number of benzene rings is 2. The first kappa shape index (κ1) is 21.4. The summed E-state index contributed by atoms with van der Waals surface area (Å²) in [5.74, 6) is -1.16. The van der Waals surface area contributed by atoms with E-state index in [0.717, 1.165) is 31.6 Å². The van der Waals surface area contributed by atoms with Gasteiger partial charge in [-0.05, 0) is 62.0 Å². The van der Waals surface area contributed by atoms with Gasteiger partial charge in [0, 0.05) is 32.4 Å². The highest BCUT2D eigenvalue weighted by molar-refractivity contribution is 6.35. The number of amides is 2. The largest absolute Gasteiger partial charge is 0.374 e. The van der Waals surface area contributed by atoms with E-state index >= 15 is 0 Å². The van der Waals surface area contributed by atoms with E-state index in [1.807, 2.05) is 31.2 Å². The van der Waals surface area contributed by atoms with E-state index in [2.05, 4.69) is 45.7 Å². The summed E-state index contributed by atoms with van der Waals surface area (Å²) in [5.41, 5.74) is 6.02. The summed E-state index contributed by atoms with van der Waals surface area (Å²) in [6.07, 6.45) is 3.41. The molecule has 0 bridgehead atoms. The number of likely N-dealkylation sites (tertiary alicyclic amines) is 1. The van der Waals surface area contributed by atoms with Gasteiger partial charge in [-0.3, -0.25) is 14.5 Å². The SMILES string of the molecule is Cc1ccc(CNC(=O)C(=O)NCC(c2ccc3c(c2)CCN3C)N2CCCC2)cc1. The van der Waals surface area contributed by atoms with Crippen molar-refractivity contribution >= 4 is 17.5 Å². The number of fused-ring (bicyclic) bond motifs is 1. The number of nitrogens with one attached hydrogen (secondary N) is 2. The van der Waals surface area contributed by atoms with Crippen LogP contribution in [0.3, 0.4) is 0 Å². The molecule has 2 aliphatic rings. The van der Waals surface area contributed by atoms with Gasteiger partial charge in [0.05, 0.1) is 6.04 Å². The average molecular weight is 421 g/mol. The lowest BCUT2D eigenvalue weighted by Gasteiger charge is -2.28. The zero-order valence-corrected chi connectivity index (χ0v) is 18.5. The first-order chi connectivity index (χ1) is 15.0. The Labute approximate surface area is 184 Å². The molecule has 1 fully saturated rings. The van der Waals surface area contributed by atoms with E-state index in [-0.39, 0.29) is 6.04 Å². The molecule has 2 aliphatic heterocycles. The van der Waals surface area contributed by atoms with E-state index in [9.17, 15) is 9.59 Å². The second kappa shape index (κ2) is 9.52. The molecule has 0 aromatic heterocycles. The number of likely N-dealkylation sites (N-methyl/N-ethyl adjacent to an activating group) is 1. The van der Waals surface area contributed by atoms with Gasteiger partial charge in [-0.1, -0.05) is 42.0 Å². The Morgan fingerprint density at radius 3 is 2.42 bits per heavy atom. The Morgan fingerprint density at radius 1 is 0.968 bits per heavy atom. The fraction of sp³-hybridized carbons (Fsp3) is 0.440. The molecule has 2 amide bonds. The summed E-state index contributed by atoms with van der Waals surface area (Å²) in [4.78, 5) is 29.5. The lowest BCUT2D eigenvalue weighted by Crippen LogP contribution is -2.43. The number of nitrogens with zero attached hydrogens (tertiary/aromatic N) is 2. The molecule has 0 radical (unpaired) electrons. The second-order valence-electron chi connectivity index (χ2n) is 8.70. The molecule has 2 N–H and O–H groups in total. The van der Waals surface area contributed by atoms with Gasteiger partial charge in [0.15, 0.2) is 0 Å². The van der Waals surface area contributed by atoms with E-state index < -0.39 is 11.8 Å². The van der Waals surface area contributed by atoms with Crippen LogP contribution < -0.4 is 15.5 Å². The zero-order chi connectivity index (χ0) is 21.8. The van der Waals surface area contributed by atoms with Crippen LogP contribution in [0.1, 0.15) is 41.1 Å². The lowest BCUT2D eigenvalue weighted by atomic mass is 10.0. The Morgan fingerprint density at radius 2 is 1.68 bits per heavy atom. The van der Waals surface area contributed by atoms with Crippen molar-refractivity contribution < 1.29 is 9.59 Å². The molecule has 2 aromatic carbocycles. The third kappa shape index (κ3) is 5.07. The van der Waals surface area contributed by atoms with Crippen molar-refractivity contribution in [2.45, 2.75) is 38.8 Å². The molecular weight excluding hydrogens is 388 g/mol. The molecular formula is C25H32N4O2. The van der Waals surface area contributed by atoms with Gasteiger partial charge < -0.3 is 15.5 Å². The summed E-state index contributed by atoms with van der Waals surface area (Å²) < 4.78 is 0. The molecule has 1 saturated heterocycles. The summed E-state index contributed by atoms with van der Waals surface area (Å²) in [5, 5.41) is 5.60. The van der Waals surface area contributed by atoms with Crippen LogP contribution in [0, 0.1) is 6.92 Å². The fourth-order valence-electron chi connectivity index (χ4n) is 4.54. The number of aryl methyl sites for hydroxylation is 1. The van der Waals surface area contributed by atoms with E-state index in [4.69, 9.17) is 0 Å². The second-order valence-corrected chi connectivity index (χ2v) is 8.70. The zero-order valence-electron chi connectivity index (χ0n) is 18.5. The van der Waals surface area contributed by atoms with Crippen molar-refractivity contribution in [2.75, 3.05) is 38.1 Å². The van der Waals surface area contributed by atoms with Crippen molar-refractivity contribution in [1.82, 2.24) is 15.5 Å². The van der Waals surface area contributed by atoms with E-state index in [0.29, 0.717) is 13.1 Å². The summed E-state index contributed by atoms with van der Waals surface area (Å²) >= 11 is 0. The predicted octanol–water partition coefficient (Wildman–Crippen LogP) is 2.56. The molecule has 2 heterocycles. The van der Waals surface area contributed by atoms with Crippen LogP contribution in [0.15, 0.2) is 42.5 Å². The van der Waals surface area contributed by atoms with Crippen LogP contribution in [0.25, 0.3) is 0 Å². The summed E-state index contributed by atoms with van der Waals surface area (Å²) in [7, 11) is 2.12. The van der Waals surface area contributed by atoms with Gasteiger partial charge in [0.1, 0.15) is 0 Å². The minimum atomic E-state index is -0.587. The minimum Gasteiger partial charge on any atom is -0.374 e. The summed E-state index contributed by atoms with van der Waals surface area (Å²) in [6, 6.07) is 14.7. The molecule has 6 heteroatoms. The van der Waals surface area contributed by atoms with Crippen molar-refractivity contribution in [3.8, 4) is 0 Å². The maximum atomic E-state index is 12.5. The van der Waals surface area contributed by atoms with Crippen LogP contribution in [0.4, 0.5) is 5.69 Å². The van der Waals surface area contributed by atoms with Crippen molar-refractivity contribution in [3.05, 3.63) is 64.7 Å². The third-order valence-electron chi connectivity index (χ3n) is 6.43. The number of carbonyl (C=O) groups is 2. The predicted molar refractivity (Wildman–Crippen MR) is 123 cm³/mol. The topological polar surface area (TPSA) is 64.7 Å². The van der Waals surface area contributed by atoms with Crippen LogP contribution in [-0.2, 0) is 22.6 Å². The first-order valence-corrected chi connectivity index (χ1v) is 11.2. The number of hydrogen-bond donors (Lipinski definition) is 2. The quantitative estimate of drug-likeness (QED) is 0.705. The van der Waals surface area contributed by atoms with Crippen LogP contribution in [-0.4, -0.2) is 49.9 Å². The van der Waals surface area contributed by atoms with Crippen molar-refractivity contribution in [1.29, 1.82) is 0 Å². The van der Waals surface area contributed by atoms with Crippen LogP contribution >= 0.6 is 0 Å². The van der Waals surface area contributed by atoms with Crippen LogP contribution in [0.5, 0.6) is 0 Å². The number of hydrogen-bond acceptors (Lipinski definition) is 4. The van der Waals surface area contributed by atoms with Crippen molar-refractivity contribution in [3.63, 3.8) is 0 Å². The minimum absolute atomic E-state index is 0.0903. The van der Waals surface area contributed by atoms with Gasteiger partial charge in [-0.2, -0.15) is 0 Å². The molecule has 1 atom stereocenters. The Kier molecular flexibility index (Phi) is 6.56. The van der Waals surface area contributed by atoms with Gasteiger partial charge in [-0.15, -0.1) is 0 Å². The van der Waals surface area contributed by atoms with Gasteiger partial charge in [-0.25, -0.2) is 0 Å². The van der Waals surface area contributed by atoms with Crippen LogP contribution in [0.2, 0.25) is 0 Å². The normalized spacial score (nSPS) is 16.8. The highest BCUT2D eigenvalue weighted by Gasteiger charge is 2.26. The third-order valence-corrected chi connectivity index (χ3v) is 6.43. The van der Waals surface area contributed by atoms with Gasteiger partial charge in [0.25, 0.3) is 0 Å². The molecule has 4 rings (SSSR count). The first-order valence-electron chi connectivity index (χ1n) is 11.2. The fourth-order valence-corrected chi connectivity index (χ4v) is 4.54. The van der Waals surface area contributed by atoms with E-state index in [1.54, 1.807) is 0 Å². The monoisotopic (exact) mass is 420 g/mol. The number of rotatable bonds is 6. The molecule has 2 aromatic rings. The maximum absolute atomic E-state index is 12.5. The van der Waals surface area contributed by atoms with Crippen molar-refractivity contribution in [2.24, 2.45) is 0 Å². The molecule has 0 saturated carbocycles. The number of carbonyl (C=O) groups excluding carboxylic acids is 2. The molecule has 1 unspecified atom stereocenters. The highest BCUT2D eigenvalue weighted by atomic mass is 16.2. The standard InChI is InChI=1S/C25H32N4O2/c1-18-5-7-19(8-6-18)16-26-24(30)25(31)27-17-23(29-12-3-4-13-29)20-9-10-22-21(15-20)11-14-28(22)2/h5-10,15,23H,3-4,11-14,16-17H2,1-2H3,(H,26,30)(H,27,31). The Bertz CT molecular complexity index is 935. The highest BCUT2D eigenvalue weighted by Crippen LogP contribution is 2.32. The van der Waals surface area contributed by atoms with Gasteiger partial charge >= 0.3 is 11.8 Å². The lowest BCUT2D eigenvalue weighted by molar-refractivity contribution is -0.139. The smallest absolute Gasteiger partial charge is 0.309 e. The average Bonchev–Trinajstić information content (AvgIpc) is 3.43. The van der Waals surface area contributed by atoms with E-state index in [1.165, 1.54) is 35.2 Å². The van der Waals surface area contributed by atoms with Gasteiger partial charge in [0.2, 0.25) is 0 Å². The molecule has 0 aliphatic carbocycles. The summed E-state index contributed by atoms with van der Waals surface area (Å²) in [6.45, 7) is 5.90. The molecule has 164 valence electrons. The molecule has 6 nitrogen and oxygen atoms in total. The molecule has 31 heavy (non-hydrogen) atoms.